The summed E-state index contributed by atoms with van der Waals surface area (Å²) in [6.07, 6.45) is 6.67. The normalized spacial score (nSPS) is 17.7. The average Bonchev–Trinajstić information content (AvgIpc) is 2.30. The summed E-state index contributed by atoms with van der Waals surface area (Å²) in [5.74, 6) is 0. The van der Waals surface area contributed by atoms with E-state index >= 15 is 0 Å². The topological polar surface area (TPSA) is 38.0 Å². The molecule has 17 heavy (non-hydrogen) atoms. The maximum absolute atomic E-state index is 5.67. The van der Waals surface area contributed by atoms with E-state index in [1.165, 1.54) is 37.8 Å². The third-order valence-corrected chi connectivity index (χ3v) is 4.23. The summed E-state index contributed by atoms with van der Waals surface area (Å²) >= 11 is 0. The Bertz CT molecular complexity index is 333. The number of nitrogens with two attached hydrogens (primary N) is 1. The highest BCUT2D eigenvalue weighted by molar-refractivity contribution is 5.39. The van der Waals surface area contributed by atoms with Crippen LogP contribution in [0.2, 0.25) is 0 Å². The molecule has 2 rings (SSSR count). The molecule has 1 aromatic rings. The summed E-state index contributed by atoms with van der Waals surface area (Å²) in [5, 5.41) is 3.61. The molecule has 2 nitrogen and oxygen atoms in total. The maximum Gasteiger partial charge on any atom is 0.0314 e. The monoisotopic (exact) mass is 232 g/mol. The molecule has 0 radical (unpaired) electrons. The second kappa shape index (κ2) is 5.54. The van der Waals surface area contributed by atoms with E-state index in [0.717, 1.165) is 18.7 Å². The number of hydrogen-bond donors (Lipinski definition) is 2. The zero-order valence-corrected chi connectivity index (χ0v) is 10.8. The van der Waals surface area contributed by atoms with E-state index in [0.29, 0.717) is 5.41 Å². The van der Waals surface area contributed by atoms with Crippen molar-refractivity contribution in [2.75, 3.05) is 18.8 Å². The van der Waals surface area contributed by atoms with Crippen molar-refractivity contribution in [2.24, 2.45) is 5.41 Å². The summed E-state index contributed by atoms with van der Waals surface area (Å²) < 4.78 is 0. The van der Waals surface area contributed by atoms with E-state index in [-0.39, 0.29) is 0 Å². The van der Waals surface area contributed by atoms with Gasteiger partial charge in [0.15, 0.2) is 0 Å². The number of hydrogen-bond acceptors (Lipinski definition) is 2. The van der Waals surface area contributed by atoms with Crippen LogP contribution in [-0.4, -0.2) is 13.1 Å². The summed E-state index contributed by atoms with van der Waals surface area (Å²) in [6.45, 7) is 4.59. The van der Waals surface area contributed by atoms with Gasteiger partial charge < -0.3 is 11.1 Å². The molecule has 0 heterocycles. The minimum atomic E-state index is 0.626. The molecule has 0 unspecified atom stereocenters. The van der Waals surface area contributed by atoms with Crippen LogP contribution in [0.5, 0.6) is 0 Å². The highest BCUT2D eigenvalue weighted by Crippen LogP contribution is 2.42. The fraction of sp³-hybridized carbons (Fsp3) is 0.600. The van der Waals surface area contributed by atoms with Crippen molar-refractivity contribution in [1.29, 1.82) is 0 Å². The Labute approximate surface area is 105 Å². The van der Waals surface area contributed by atoms with Crippen LogP contribution in [-0.2, 0) is 6.42 Å². The first-order valence-corrected chi connectivity index (χ1v) is 6.79. The predicted octanol–water partition coefficient (Wildman–Crippen LogP) is 2.98. The van der Waals surface area contributed by atoms with Crippen LogP contribution in [0.3, 0.4) is 0 Å². The Kier molecular flexibility index (Phi) is 4.06. The lowest BCUT2D eigenvalue weighted by molar-refractivity contribution is 0.124. The summed E-state index contributed by atoms with van der Waals surface area (Å²) in [5.41, 5.74) is 8.51. The highest BCUT2D eigenvalue weighted by Gasteiger charge is 2.34. The first-order chi connectivity index (χ1) is 8.24. The molecule has 0 saturated heterocycles. The van der Waals surface area contributed by atoms with Gasteiger partial charge in [-0.05, 0) is 55.3 Å². The molecule has 0 aromatic heterocycles. The fourth-order valence-corrected chi connectivity index (χ4v) is 2.60. The van der Waals surface area contributed by atoms with Gasteiger partial charge in [-0.25, -0.2) is 0 Å². The van der Waals surface area contributed by atoms with Crippen molar-refractivity contribution >= 4 is 5.69 Å². The lowest BCUT2D eigenvalue weighted by Gasteiger charge is -2.41. The van der Waals surface area contributed by atoms with Crippen LogP contribution in [0.15, 0.2) is 24.3 Å². The highest BCUT2D eigenvalue weighted by atomic mass is 14.9. The number of rotatable bonds is 6. The molecule has 0 bridgehead atoms. The van der Waals surface area contributed by atoms with Gasteiger partial charge >= 0.3 is 0 Å². The van der Waals surface area contributed by atoms with Crippen molar-refractivity contribution < 1.29 is 0 Å². The zero-order chi connectivity index (χ0) is 12.1. The molecular formula is C15H24N2. The Morgan fingerprint density at radius 2 is 1.94 bits per heavy atom. The van der Waals surface area contributed by atoms with E-state index in [9.17, 15) is 0 Å². The zero-order valence-electron chi connectivity index (χ0n) is 10.8. The summed E-state index contributed by atoms with van der Waals surface area (Å²) in [6, 6.07) is 8.20. The van der Waals surface area contributed by atoms with Crippen LogP contribution in [0, 0.1) is 5.41 Å². The Hall–Kier alpha value is -1.02. The average molecular weight is 232 g/mol. The van der Waals surface area contributed by atoms with Gasteiger partial charge in [0, 0.05) is 12.2 Å². The molecule has 2 heteroatoms. The quantitative estimate of drug-likeness (QED) is 0.584. The molecule has 1 fully saturated rings. The number of benzene rings is 1. The molecular weight excluding hydrogens is 208 g/mol. The van der Waals surface area contributed by atoms with Crippen molar-refractivity contribution in [1.82, 2.24) is 5.32 Å². The molecule has 3 N–H and O–H groups in total. The van der Waals surface area contributed by atoms with Crippen molar-refractivity contribution in [3.8, 4) is 0 Å². The Balaban J connectivity index is 1.67. The van der Waals surface area contributed by atoms with E-state index in [1.807, 2.05) is 12.1 Å². The van der Waals surface area contributed by atoms with Gasteiger partial charge in [0.1, 0.15) is 0 Å². The molecule has 0 amide bonds. The minimum Gasteiger partial charge on any atom is -0.399 e. The van der Waals surface area contributed by atoms with E-state index in [2.05, 4.69) is 24.4 Å². The van der Waals surface area contributed by atoms with Gasteiger partial charge in [0.05, 0.1) is 0 Å². The van der Waals surface area contributed by atoms with Gasteiger partial charge in [-0.2, -0.15) is 0 Å². The minimum absolute atomic E-state index is 0.626. The van der Waals surface area contributed by atoms with Crippen LogP contribution >= 0.6 is 0 Å². The van der Waals surface area contributed by atoms with Crippen LogP contribution in [0.4, 0.5) is 5.69 Å². The lowest BCUT2D eigenvalue weighted by Crippen LogP contribution is -2.40. The molecule has 1 saturated carbocycles. The first kappa shape index (κ1) is 12.4. The van der Waals surface area contributed by atoms with Gasteiger partial charge in [0.2, 0.25) is 0 Å². The molecule has 1 aliphatic rings. The van der Waals surface area contributed by atoms with E-state index in [1.54, 1.807) is 0 Å². The van der Waals surface area contributed by atoms with E-state index in [4.69, 9.17) is 5.73 Å². The molecule has 0 atom stereocenters. The third kappa shape index (κ3) is 3.22. The lowest BCUT2D eigenvalue weighted by atomic mass is 9.67. The second-order valence-corrected chi connectivity index (χ2v) is 5.38. The smallest absolute Gasteiger partial charge is 0.0314 e. The second-order valence-electron chi connectivity index (χ2n) is 5.38. The molecule has 1 aromatic carbocycles. The van der Waals surface area contributed by atoms with Gasteiger partial charge in [-0.15, -0.1) is 0 Å². The van der Waals surface area contributed by atoms with Gasteiger partial charge in [-0.3, -0.25) is 0 Å². The third-order valence-electron chi connectivity index (χ3n) is 4.23. The predicted molar refractivity (Wildman–Crippen MR) is 74.0 cm³/mol. The molecule has 94 valence electrons. The van der Waals surface area contributed by atoms with Gasteiger partial charge in [-0.1, -0.05) is 25.5 Å². The molecule has 0 spiro atoms. The molecule has 0 aliphatic heterocycles. The van der Waals surface area contributed by atoms with Crippen molar-refractivity contribution in [3.05, 3.63) is 29.8 Å². The van der Waals surface area contributed by atoms with Crippen LogP contribution in [0.1, 0.15) is 38.2 Å². The SMILES string of the molecule is CCC1(CNCCc2ccc(N)cc2)CCC1. The van der Waals surface area contributed by atoms with Crippen LogP contribution < -0.4 is 11.1 Å². The molecule has 1 aliphatic carbocycles. The Morgan fingerprint density at radius 3 is 2.47 bits per heavy atom. The van der Waals surface area contributed by atoms with Crippen molar-refractivity contribution in [3.63, 3.8) is 0 Å². The number of anilines is 1. The number of nitrogen functional groups attached to an aromatic ring is 1. The fourth-order valence-electron chi connectivity index (χ4n) is 2.60. The Morgan fingerprint density at radius 1 is 1.24 bits per heavy atom. The largest absolute Gasteiger partial charge is 0.399 e. The summed E-state index contributed by atoms with van der Waals surface area (Å²) in [4.78, 5) is 0. The standard InChI is InChI=1S/C15H24N2/c1-2-15(9-3-10-15)12-17-11-8-13-4-6-14(16)7-5-13/h4-7,17H,2-3,8-12,16H2,1H3. The number of nitrogens with one attached hydrogen (secondary N) is 1. The van der Waals surface area contributed by atoms with E-state index < -0.39 is 0 Å². The summed E-state index contributed by atoms with van der Waals surface area (Å²) in [7, 11) is 0. The maximum atomic E-state index is 5.67. The van der Waals surface area contributed by atoms with Crippen molar-refractivity contribution in [2.45, 2.75) is 39.0 Å². The van der Waals surface area contributed by atoms with Gasteiger partial charge in [0.25, 0.3) is 0 Å². The first-order valence-electron chi connectivity index (χ1n) is 6.79. The van der Waals surface area contributed by atoms with Crippen LogP contribution in [0.25, 0.3) is 0 Å².